The van der Waals surface area contributed by atoms with Crippen molar-refractivity contribution in [3.05, 3.63) is 74.3 Å². The zero-order valence-electron chi connectivity index (χ0n) is 17.5. The Bertz CT molecular complexity index is 1160. The molecule has 1 amide bonds. The van der Waals surface area contributed by atoms with Crippen LogP contribution in [0.25, 0.3) is 10.1 Å². The molecule has 0 saturated carbocycles. The minimum atomic E-state index is -0.265. The van der Waals surface area contributed by atoms with E-state index in [-0.39, 0.29) is 22.5 Å². The average molecular weight is 422 g/mol. The van der Waals surface area contributed by atoms with Gasteiger partial charge in [0.05, 0.1) is 5.56 Å². The van der Waals surface area contributed by atoms with Crippen molar-refractivity contribution in [3.63, 3.8) is 0 Å². The zero-order chi connectivity index (χ0) is 21.3. The van der Waals surface area contributed by atoms with Gasteiger partial charge in [0.2, 0.25) is 0 Å². The highest BCUT2D eigenvalue weighted by Crippen LogP contribution is 2.37. The van der Waals surface area contributed by atoms with E-state index in [1.165, 1.54) is 16.5 Å². The van der Waals surface area contributed by atoms with Crippen molar-refractivity contribution in [2.24, 2.45) is 5.41 Å². The van der Waals surface area contributed by atoms with Crippen LogP contribution < -0.4 is 10.7 Å². The van der Waals surface area contributed by atoms with E-state index in [1.807, 2.05) is 12.1 Å². The van der Waals surface area contributed by atoms with Crippen LogP contribution in [0.15, 0.2) is 47.3 Å². The number of aromatic hydroxyl groups is 1. The molecule has 1 aliphatic rings. The van der Waals surface area contributed by atoms with Crippen LogP contribution in [0.1, 0.15) is 53.1 Å². The summed E-state index contributed by atoms with van der Waals surface area (Å²) in [6.45, 7) is 5.08. The van der Waals surface area contributed by atoms with E-state index in [1.54, 1.807) is 29.5 Å². The second kappa shape index (κ2) is 8.23. The first-order chi connectivity index (χ1) is 14.3. The molecule has 2 N–H and O–H groups in total. The van der Waals surface area contributed by atoms with Gasteiger partial charge >= 0.3 is 0 Å². The number of aryl methyl sites for hydroxylation is 1. The number of phenolic OH excluding ortho intramolecular Hbond substituents is 1. The van der Waals surface area contributed by atoms with Crippen molar-refractivity contribution >= 4 is 27.3 Å². The Hall–Kier alpha value is -2.66. The summed E-state index contributed by atoms with van der Waals surface area (Å²) in [6.07, 6.45) is 4.53. The number of carbonyl (C=O) groups is 1. The first-order valence-electron chi connectivity index (χ1n) is 10.5. The molecule has 0 radical (unpaired) electrons. The van der Waals surface area contributed by atoms with Gasteiger partial charge in [0, 0.05) is 27.1 Å². The maximum atomic E-state index is 12.9. The van der Waals surface area contributed by atoms with E-state index in [2.05, 4.69) is 25.2 Å². The number of hydrogen-bond acceptors (Lipinski definition) is 4. The monoisotopic (exact) mass is 421 g/mol. The number of rotatable bonds is 5. The Balaban J connectivity index is 1.43. The van der Waals surface area contributed by atoms with E-state index >= 15 is 0 Å². The molecule has 5 heteroatoms. The van der Waals surface area contributed by atoms with Crippen molar-refractivity contribution in [2.75, 3.05) is 6.54 Å². The number of phenols is 1. The van der Waals surface area contributed by atoms with Gasteiger partial charge in [-0.15, -0.1) is 11.3 Å². The van der Waals surface area contributed by atoms with Gasteiger partial charge in [-0.1, -0.05) is 32.0 Å². The maximum Gasteiger partial charge on any atom is 0.255 e. The zero-order valence-corrected chi connectivity index (χ0v) is 18.3. The third kappa shape index (κ3) is 4.26. The van der Waals surface area contributed by atoms with Crippen molar-refractivity contribution < 1.29 is 9.90 Å². The Labute approximate surface area is 180 Å². The van der Waals surface area contributed by atoms with Gasteiger partial charge in [-0.3, -0.25) is 9.59 Å². The number of amides is 1. The highest BCUT2D eigenvalue weighted by atomic mass is 32.1. The van der Waals surface area contributed by atoms with Gasteiger partial charge in [-0.2, -0.15) is 0 Å². The van der Waals surface area contributed by atoms with Crippen LogP contribution in [-0.4, -0.2) is 17.6 Å². The topological polar surface area (TPSA) is 66.4 Å². The van der Waals surface area contributed by atoms with Crippen LogP contribution in [-0.2, 0) is 19.3 Å². The van der Waals surface area contributed by atoms with E-state index < -0.39 is 0 Å². The molecule has 1 aromatic heterocycles. The van der Waals surface area contributed by atoms with Crippen LogP contribution in [0.5, 0.6) is 5.75 Å². The van der Waals surface area contributed by atoms with Gasteiger partial charge in [0.1, 0.15) is 5.75 Å². The Morgan fingerprint density at radius 2 is 2.00 bits per heavy atom. The van der Waals surface area contributed by atoms with Crippen molar-refractivity contribution in [1.29, 1.82) is 0 Å². The summed E-state index contributed by atoms with van der Waals surface area (Å²) in [4.78, 5) is 26.4. The van der Waals surface area contributed by atoms with Crippen LogP contribution >= 0.6 is 11.3 Å². The Morgan fingerprint density at radius 3 is 2.80 bits per heavy atom. The summed E-state index contributed by atoms with van der Waals surface area (Å²) in [6, 6.07) is 12.7. The molecular weight excluding hydrogens is 394 g/mol. The van der Waals surface area contributed by atoms with Gasteiger partial charge < -0.3 is 10.4 Å². The highest BCUT2D eigenvalue weighted by molar-refractivity contribution is 7.18. The summed E-state index contributed by atoms with van der Waals surface area (Å²) in [7, 11) is 0. The predicted octanol–water partition coefficient (Wildman–Crippen LogP) is 4.84. The SMILES string of the molecule is CC1(C)CCc2c(sc3cc(CCCNC(=O)c4ccccc4O)ccc3c2=O)C1. The number of nitrogens with one attached hydrogen (secondary N) is 1. The number of para-hydroxylation sites is 1. The van der Waals surface area contributed by atoms with Crippen LogP contribution in [0, 0.1) is 5.41 Å². The third-order valence-corrected chi connectivity index (χ3v) is 7.10. The number of hydrogen-bond donors (Lipinski definition) is 2. The van der Waals surface area contributed by atoms with Gasteiger partial charge in [0.15, 0.2) is 5.43 Å². The standard InChI is InChI=1S/C25H27NO3S/c1-25(2)12-11-19-22(15-25)30-21-14-16(9-10-18(21)23(19)28)6-5-13-26-24(29)17-7-3-4-8-20(17)27/h3-4,7-10,14,27H,5-6,11-13,15H2,1-2H3,(H,26,29). The molecular formula is C25H27NO3S. The largest absolute Gasteiger partial charge is 0.507 e. The number of benzene rings is 2. The molecule has 30 heavy (non-hydrogen) atoms. The molecule has 4 nitrogen and oxygen atoms in total. The Morgan fingerprint density at radius 1 is 1.20 bits per heavy atom. The molecule has 2 aromatic carbocycles. The van der Waals surface area contributed by atoms with Gasteiger partial charge in [-0.05, 0) is 67.3 Å². The van der Waals surface area contributed by atoms with E-state index in [0.717, 1.165) is 47.8 Å². The highest BCUT2D eigenvalue weighted by Gasteiger charge is 2.28. The van der Waals surface area contributed by atoms with Gasteiger partial charge in [0.25, 0.3) is 5.91 Å². The Kier molecular flexibility index (Phi) is 5.65. The van der Waals surface area contributed by atoms with Crippen molar-refractivity contribution in [3.8, 4) is 5.75 Å². The first-order valence-corrected chi connectivity index (χ1v) is 11.3. The van der Waals surface area contributed by atoms with Crippen LogP contribution in [0.3, 0.4) is 0 Å². The lowest BCUT2D eigenvalue weighted by Crippen LogP contribution is -2.26. The summed E-state index contributed by atoms with van der Waals surface area (Å²) < 4.78 is 1.06. The van der Waals surface area contributed by atoms with E-state index in [9.17, 15) is 14.7 Å². The van der Waals surface area contributed by atoms with Crippen molar-refractivity contribution in [1.82, 2.24) is 5.32 Å². The summed E-state index contributed by atoms with van der Waals surface area (Å²) in [5, 5.41) is 13.5. The fourth-order valence-corrected chi connectivity index (χ4v) is 5.64. The average Bonchev–Trinajstić information content (AvgIpc) is 2.70. The quantitative estimate of drug-likeness (QED) is 0.579. The third-order valence-electron chi connectivity index (χ3n) is 5.90. The van der Waals surface area contributed by atoms with Crippen LogP contribution in [0.4, 0.5) is 0 Å². The molecule has 156 valence electrons. The molecule has 3 aromatic rings. The molecule has 0 saturated heterocycles. The molecule has 0 bridgehead atoms. The summed E-state index contributed by atoms with van der Waals surface area (Å²) in [5.41, 5.74) is 2.94. The normalized spacial score (nSPS) is 15.0. The van der Waals surface area contributed by atoms with Crippen LogP contribution in [0.2, 0.25) is 0 Å². The second-order valence-electron chi connectivity index (χ2n) is 8.88. The van der Waals surface area contributed by atoms with E-state index in [0.29, 0.717) is 12.1 Å². The maximum absolute atomic E-state index is 12.9. The smallest absolute Gasteiger partial charge is 0.255 e. The number of fused-ring (bicyclic) bond motifs is 2. The molecule has 0 unspecified atom stereocenters. The molecule has 0 spiro atoms. The predicted molar refractivity (Wildman–Crippen MR) is 123 cm³/mol. The molecule has 0 atom stereocenters. The van der Waals surface area contributed by atoms with Gasteiger partial charge in [-0.25, -0.2) is 0 Å². The lowest BCUT2D eigenvalue weighted by Gasteiger charge is -2.30. The molecule has 0 aliphatic heterocycles. The molecule has 0 fully saturated rings. The summed E-state index contributed by atoms with van der Waals surface area (Å²) in [5.74, 6) is -0.273. The minimum Gasteiger partial charge on any atom is -0.507 e. The molecule has 1 aliphatic carbocycles. The van der Waals surface area contributed by atoms with Crippen molar-refractivity contribution in [2.45, 2.75) is 46.0 Å². The fourth-order valence-electron chi connectivity index (χ4n) is 4.12. The second-order valence-corrected chi connectivity index (χ2v) is 10.0. The number of carbonyl (C=O) groups excluding carboxylic acids is 1. The lowest BCUT2D eigenvalue weighted by molar-refractivity contribution is 0.0950. The minimum absolute atomic E-state index is 0.00839. The summed E-state index contributed by atoms with van der Waals surface area (Å²) >= 11 is 1.77. The lowest BCUT2D eigenvalue weighted by atomic mass is 9.77. The van der Waals surface area contributed by atoms with E-state index in [4.69, 9.17) is 0 Å². The fraction of sp³-hybridized carbons (Fsp3) is 0.360. The first kappa shape index (κ1) is 20.6. The molecule has 4 rings (SSSR count). The molecule has 1 heterocycles.